The zero-order valence-corrected chi connectivity index (χ0v) is 18.5. The number of rotatable bonds is 6. The highest BCUT2D eigenvalue weighted by atomic mass is 16.2. The Balaban J connectivity index is 1.48. The van der Waals surface area contributed by atoms with Gasteiger partial charge in [-0.2, -0.15) is 4.99 Å². The second-order valence-electron chi connectivity index (χ2n) is 7.61. The topological polar surface area (TPSA) is 102 Å². The summed E-state index contributed by atoms with van der Waals surface area (Å²) >= 11 is 0. The van der Waals surface area contributed by atoms with Crippen LogP contribution in [0, 0.1) is 0 Å². The molecule has 34 heavy (non-hydrogen) atoms. The molecule has 0 aliphatic heterocycles. The lowest BCUT2D eigenvalue weighted by atomic mass is 10.1. The third-order valence-electron chi connectivity index (χ3n) is 5.20. The first-order valence-electron chi connectivity index (χ1n) is 10.9. The van der Waals surface area contributed by atoms with Crippen molar-refractivity contribution in [3.05, 3.63) is 109 Å². The molecule has 0 saturated heterocycles. The van der Waals surface area contributed by atoms with Crippen molar-refractivity contribution < 1.29 is 9.59 Å². The maximum absolute atomic E-state index is 12.8. The number of benzene rings is 3. The maximum atomic E-state index is 12.8. The van der Waals surface area contributed by atoms with E-state index in [0.717, 1.165) is 28.1 Å². The van der Waals surface area contributed by atoms with Gasteiger partial charge in [0.1, 0.15) is 6.54 Å². The summed E-state index contributed by atoms with van der Waals surface area (Å²) in [6, 6.07) is 32.5. The predicted octanol–water partition coefficient (Wildman–Crippen LogP) is 4.16. The molecule has 0 aliphatic rings. The summed E-state index contributed by atoms with van der Waals surface area (Å²) in [5.74, 6) is -0.739. The van der Waals surface area contributed by atoms with E-state index in [4.69, 9.17) is 5.73 Å². The van der Waals surface area contributed by atoms with E-state index in [-0.39, 0.29) is 12.5 Å². The number of carbonyl (C=O) groups is 2. The van der Waals surface area contributed by atoms with E-state index < -0.39 is 11.9 Å². The molecular weight excluding hydrogens is 426 g/mol. The summed E-state index contributed by atoms with van der Waals surface area (Å²) in [6.07, 6.45) is 0. The number of guanidine groups is 1. The zero-order chi connectivity index (χ0) is 23.8. The number of aromatic nitrogens is 1. The van der Waals surface area contributed by atoms with E-state index >= 15 is 0 Å². The van der Waals surface area contributed by atoms with E-state index in [1.165, 1.54) is 0 Å². The summed E-state index contributed by atoms with van der Waals surface area (Å²) < 4.78 is 1.90. The van der Waals surface area contributed by atoms with E-state index in [1.54, 1.807) is 0 Å². The number of urea groups is 1. The van der Waals surface area contributed by atoms with Crippen LogP contribution in [0.15, 0.2) is 108 Å². The van der Waals surface area contributed by atoms with Crippen LogP contribution in [0.1, 0.15) is 5.56 Å². The first-order valence-corrected chi connectivity index (χ1v) is 10.9. The molecule has 1 heterocycles. The van der Waals surface area contributed by atoms with Crippen molar-refractivity contribution in [3.63, 3.8) is 0 Å². The van der Waals surface area contributed by atoms with Crippen molar-refractivity contribution in [3.8, 4) is 22.5 Å². The fraction of sp³-hybridized carbons (Fsp3) is 0.0741. The Kier molecular flexibility index (Phi) is 7.15. The normalized spacial score (nSPS) is 11.1. The van der Waals surface area contributed by atoms with Gasteiger partial charge < -0.3 is 15.6 Å². The standard InChI is InChI=1S/C27H25N5O2/c28-26(31-27(34)29-18-20-10-4-1-5-11-20)30-25(33)19-32-23(21-12-6-2-7-13-21)16-17-24(32)22-14-8-3-9-15-22/h1-17H,18-19H2,(H4,28,29,30,31,33,34). The average molecular weight is 452 g/mol. The van der Waals surface area contributed by atoms with Crippen molar-refractivity contribution >= 4 is 17.9 Å². The van der Waals surface area contributed by atoms with Crippen LogP contribution in [0.4, 0.5) is 4.79 Å². The smallest absolute Gasteiger partial charge is 0.321 e. The van der Waals surface area contributed by atoms with Gasteiger partial charge >= 0.3 is 6.03 Å². The Morgan fingerprint density at radius 3 is 1.76 bits per heavy atom. The molecule has 1 aromatic heterocycles. The first-order chi connectivity index (χ1) is 16.6. The van der Waals surface area contributed by atoms with Gasteiger partial charge in [0.15, 0.2) is 0 Å². The van der Waals surface area contributed by atoms with Crippen LogP contribution in [0.25, 0.3) is 22.5 Å². The molecule has 4 aromatic rings. The molecule has 3 amide bonds. The van der Waals surface area contributed by atoms with Crippen molar-refractivity contribution in [1.82, 2.24) is 15.2 Å². The van der Waals surface area contributed by atoms with E-state index in [2.05, 4.69) is 15.6 Å². The fourth-order valence-electron chi connectivity index (χ4n) is 3.63. The molecule has 3 aromatic carbocycles. The summed E-state index contributed by atoms with van der Waals surface area (Å²) in [7, 11) is 0. The van der Waals surface area contributed by atoms with Crippen molar-refractivity contribution in [2.45, 2.75) is 13.1 Å². The van der Waals surface area contributed by atoms with Crippen molar-refractivity contribution in [2.24, 2.45) is 10.7 Å². The first kappa shape index (κ1) is 22.5. The highest BCUT2D eigenvalue weighted by Gasteiger charge is 2.15. The van der Waals surface area contributed by atoms with Gasteiger partial charge in [0.05, 0.1) is 0 Å². The molecule has 0 aliphatic carbocycles. The molecule has 7 heteroatoms. The van der Waals surface area contributed by atoms with Crippen LogP contribution < -0.4 is 16.4 Å². The Morgan fingerprint density at radius 1 is 0.735 bits per heavy atom. The summed E-state index contributed by atoms with van der Waals surface area (Å²) in [5, 5.41) is 5.08. The SMILES string of the molecule is N/C(=N\C(=O)Cn1c(-c2ccccc2)ccc1-c1ccccc1)NC(=O)NCc1ccccc1. The van der Waals surface area contributed by atoms with Crippen LogP contribution in [0.5, 0.6) is 0 Å². The molecular formula is C27H25N5O2. The summed E-state index contributed by atoms with van der Waals surface area (Å²) in [5.41, 5.74) is 10.5. The Hall–Kier alpha value is -4.65. The van der Waals surface area contributed by atoms with E-state index in [0.29, 0.717) is 6.54 Å². The molecule has 0 spiro atoms. The molecule has 0 unspecified atom stereocenters. The third-order valence-corrected chi connectivity index (χ3v) is 5.20. The highest BCUT2D eigenvalue weighted by molar-refractivity contribution is 6.00. The quantitative estimate of drug-likeness (QED) is 0.303. The lowest BCUT2D eigenvalue weighted by molar-refractivity contribution is -0.118. The maximum Gasteiger partial charge on any atom is 0.321 e. The predicted molar refractivity (Wildman–Crippen MR) is 134 cm³/mol. The van der Waals surface area contributed by atoms with Gasteiger partial charge in [-0.25, -0.2) is 4.79 Å². The molecule has 4 rings (SSSR count). The van der Waals surface area contributed by atoms with Crippen molar-refractivity contribution in [1.29, 1.82) is 0 Å². The van der Waals surface area contributed by atoms with Gasteiger partial charge in [-0.1, -0.05) is 91.0 Å². The van der Waals surface area contributed by atoms with Gasteiger partial charge in [0, 0.05) is 17.9 Å². The van der Waals surface area contributed by atoms with Gasteiger partial charge in [0.25, 0.3) is 5.91 Å². The number of nitrogens with two attached hydrogens (primary N) is 1. The lowest BCUT2D eigenvalue weighted by Gasteiger charge is -2.13. The van der Waals surface area contributed by atoms with E-state index in [1.807, 2.05) is 108 Å². The minimum Gasteiger partial charge on any atom is -0.369 e. The number of amides is 3. The van der Waals surface area contributed by atoms with Crippen LogP contribution in [-0.4, -0.2) is 22.5 Å². The van der Waals surface area contributed by atoms with Crippen molar-refractivity contribution in [2.75, 3.05) is 0 Å². The molecule has 170 valence electrons. The number of nitrogens with one attached hydrogen (secondary N) is 2. The van der Waals surface area contributed by atoms with Crippen LogP contribution in [0.2, 0.25) is 0 Å². The highest BCUT2D eigenvalue weighted by Crippen LogP contribution is 2.29. The Bertz CT molecular complexity index is 1230. The monoisotopic (exact) mass is 451 g/mol. The fourth-order valence-corrected chi connectivity index (χ4v) is 3.63. The molecule has 4 N–H and O–H groups in total. The molecule has 0 atom stereocenters. The van der Waals surface area contributed by atoms with Crippen LogP contribution in [-0.2, 0) is 17.9 Å². The number of hydrogen-bond acceptors (Lipinski definition) is 2. The Morgan fingerprint density at radius 2 is 1.24 bits per heavy atom. The number of carbonyl (C=O) groups excluding carboxylic acids is 2. The molecule has 7 nitrogen and oxygen atoms in total. The Labute approximate surface area is 198 Å². The molecule has 0 saturated carbocycles. The number of aliphatic imine (C=N–C) groups is 1. The van der Waals surface area contributed by atoms with Crippen LogP contribution in [0.3, 0.4) is 0 Å². The van der Waals surface area contributed by atoms with Gasteiger partial charge in [-0.05, 0) is 28.8 Å². The minimum atomic E-state index is -0.534. The van der Waals surface area contributed by atoms with Gasteiger partial charge in [0.2, 0.25) is 5.96 Å². The number of hydrogen-bond donors (Lipinski definition) is 3. The van der Waals surface area contributed by atoms with Gasteiger partial charge in [-0.15, -0.1) is 0 Å². The second kappa shape index (κ2) is 10.8. The van der Waals surface area contributed by atoms with E-state index in [9.17, 15) is 9.59 Å². The minimum absolute atomic E-state index is 0.0323. The summed E-state index contributed by atoms with van der Waals surface area (Å²) in [6.45, 7) is 0.299. The lowest BCUT2D eigenvalue weighted by Crippen LogP contribution is -2.43. The van der Waals surface area contributed by atoms with Crippen LogP contribution >= 0.6 is 0 Å². The van der Waals surface area contributed by atoms with Gasteiger partial charge in [-0.3, -0.25) is 10.1 Å². The molecule has 0 fully saturated rings. The largest absolute Gasteiger partial charge is 0.369 e. The zero-order valence-electron chi connectivity index (χ0n) is 18.5. The molecule has 0 radical (unpaired) electrons. The number of nitrogens with zero attached hydrogens (tertiary/aromatic N) is 2. The second-order valence-corrected chi connectivity index (χ2v) is 7.61. The summed E-state index contributed by atoms with van der Waals surface area (Å²) in [4.78, 5) is 28.8. The average Bonchev–Trinajstić information content (AvgIpc) is 3.27. The third kappa shape index (κ3) is 5.77. The molecule has 0 bridgehead atoms.